The molecule has 37 heavy (non-hydrogen) atoms. The van der Waals surface area contributed by atoms with Crippen molar-refractivity contribution in [3.63, 3.8) is 0 Å². The van der Waals surface area contributed by atoms with Gasteiger partial charge in [-0.15, -0.1) is 16.4 Å². The largest absolute Gasteiger partial charge is 0.494 e. The van der Waals surface area contributed by atoms with E-state index in [1.165, 1.54) is 11.3 Å². The molecule has 0 spiro atoms. The maximum atomic E-state index is 11.8. The van der Waals surface area contributed by atoms with Gasteiger partial charge in [0.2, 0.25) is 0 Å². The molecule has 0 atom stereocenters. The van der Waals surface area contributed by atoms with Gasteiger partial charge in [0.15, 0.2) is 16.6 Å². The van der Waals surface area contributed by atoms with Crippen molar-refractivity contribution in [2.24, 2.45) is 0 Å². The lowest BCUT2D eigenvalue weighted by Gasteiger charge is -2.10. The standard InChI is InChI=1S/C27H25N5O3S2/c1-16-17(2)25(30-27-28-19-11-6-7-12-21(19)37-27)32-31-20(16)15-23-29-24(26(33)34)22(36-23)13-8-14-35-18-9-4-3-5-10-18/h3-7,9-12H,8,13-15H2,1-2H3,(H,33,34)(H,28,30,32). The van der Waals surface area contributed by atoms with E-state index in [1.807, 2.05) is 68.4 Å². The molecule has 188 valence electrons. The molecule has 3 heterocycles. The minimum Gasteiger partial charge on any atom is -0.494 e. The predicted molar refractivity (Wildman–Crippen MR) is 147 cm³/mol. The fourth-order valence-electron chi connectivity index (χ4n) is 3.86. The summed E-state index contributed by atoms with van der Waals surface area (Å²) in [4.78, 5) is 21.6. The van der Waals surface area contributed by atoms with Gasteiger partial charge in [-0.2, -0.15) is 5.10 Å². The van der Waals surface area contributed by atoms with Crippen molar-refractivity contribution in [2.45, 2.75) is 33.1 Å². The Bertz CT molecular complexity index is 1520. The molecular weight excluding hydrogens is 506 g/mol. The molecule has 5 rings (SSSR count). The summed E-state index contributed by atoms with van der Waals surface area (Å²) in [6, 6.07) is 17.6. The van der Waals surface area contributed by atoms with Crippen LogP contribution in [0.5, 0.6) is 5.75 Å². The highest BCUT2D eigenvalue weighted by Gasteiger charge is 2.19. The first kappa shape index (κ1) is 24.8. The molecule has 0 aliphatic heterocycles. The number of aromatic carboxylic acids is 1. The van der Waals surface area contributed by atoms with Crippen LogP contribution in [0.25, 0.3) is 10.2 Å². The van der Waals surface area contributed by atoms with Crippen LogP contribution in [-0.4, -0.2) is 37.8 Å². The molecule has 0 fully saturated rings. The van der Waals surface area contributed by atoms with Crippen LogP contribution in [0.4, 0.5) is 10.9 Å². The number of hydrogen-bond acceptors (Lipinski definition) is 9. The number of anilines is 2. The summed E-state index contributed by atoms with van der Waals surface area (Å²) in [6.07, 6.45) is 1.70. The molecule has 0 aliphatic carbocycles. The Morgan fingerprint density at radius 2 is 1.76 bits per heavy atom. The number of fused-ring (bicyclic) bond motifs is 1. The van der Waals surface area contributed by atoms with Crippen LogP contribution in [0.1, 0.15) is 43.6 Å². The van der Waals surface area contributed by atoms with E-state index in [1.54, 1.807) is 11.3 Å². The van der Waals surface area contributed by atoms with Gasteiger partial charge in [-0.1, -0.05) is 41.7 Å². The second kappa shape index (κ2) is 11.0. The average molecular weight is 532 g/mol. The van der Waals surface area contributed by atoms with E-state index in [0.717, 1.165) is 42.8 Å². The van der Waals surface area contributed by atoms with E-state index in [0.29, 0.717) is 36.7 Å². The monoisotopic (exact) mass is 531 g/mol. The van der Waals surface area contributed by atoms with Crippen molar-refractivity contribution in [1.29, 1.82) is 0 Å². The number of para-hydroxylation sites is 2. The van der Waals surface area contributed by atoms with Crippen LogP contribution in [0.3, 0.4) is 0 Å². The summed E-state index contributed by atoms with van der Waals surface area (Å²) in [6.45, 7) is 4.49. The Morgan fingerprint density at radius 3 is 2.54 bits per heavy atom. The fraction of sp³-hybridized carbons (Fsp3) is 0.222. The van der Waals surface area contributed by atoms with E-state index in [-0.39, 0.29) is 5.69 Å². The molecule has 10 heteroatoms. The molecule has 0 amide bonds. The van der Waals surface area contributed by atoms with Crippen LogP contribution in [0.2, 0.25) is 0 Å². The van der Waals surface area contributed by atoms with Crippen LogP contribution < -0.4 is 10.1 Å². The van der Waals surface area contributed by atoms with Gasteiger partial charge in [-0.3, -0.25) is 0 Å². The number of nitrogens with one attached hydrogen (secondary N) is 1. The zero-order chi connectivity index (χ0) is 25.8. The van der Waals surface area contributed by atoms with Gasteiger partial charge in [0, 0.05) is 11.3 Å². The average Bonchev–Trinajstić information content (AvgIpc) is 3.50. The smallest absolute Gasteiger partial charge is 0.355 e. The number of ether oxygens (including phenoxy) is 1. The van der Waals surface area contributed by atoms with Crippen LogP contribution in [0.15, 0.2) is 54.6 Å². The molecule has 0 unspecified atom stereocenters. The van der Waals surface area contributed by atoms with Gasteiger partial charge in [0.1, 0.15) is 5.75 Å². The summed E-state index contributed by atoms with van der Waals surface area (Å²) in [5.41, 5.74) is 3.78. The third-order valence-corrected chi connectivity index (χ3v) is 8.03. The summed E-state index contributed by atoms with van der Waals surface area (Å²) in [5, 5.41) is 23.3. The Balaban J connectivity index is 1.27. The van der Waals surface area contributed by atoms with Gasteiger partial charge in [-0.25, -0.2) is 14.8 Å². The van der Waals surface area contributed by atoms with Crippen molar-refractivity contribution in [3.05, 3.63) is 87.0 Å². The van der Waals surface area contributed by atoms with Gasteiger partial charge < -0.3 is 15.2 Å². The Morgan fingerprint density at radius 1 is 0.973 bits per heavy atom. The first-order valence-corrected chi connectivity index (χ1v) is 13.5. The molecule has 3 aromatic heterocycles. The van der Waals surface area contributed by atoms with Crippen molar-refractivity contribution in [3.8, 4) is 5.75 Å². The Labute approximate surface area is 222 Å². The molecule has 0 saturated heterocycles. The first-order chi connectivity index (χ1) is 18.0. The zero-order valence-electron chi connectivity index (χ0n) is 20.4. The number of thiazole rings is 2. The summed E-state index contributed by atoms with van der Waals surface area (Å²) in [5.74, 6) is 0.442. The maximum absolute atomic E-state index is 11.8. The Hall–Kier alpha value is -3.89. The van der Waals surface area contributed by atoms with Crippen molar-refractivity contribution >= 4 is 49.8 Å². The first-order valence-electron chi connectivity index (χ1n) is 11.8. The number of rotatable bonds is 10. The fourth-order valence-corrected chi connectivity index (χ4v) is 5.83. The lowest BCUT2D eigenvalue weighted by molar-refractivity contribution is 0.0690. The Kier molecular flexibility index (Phi) is 7.38. The van der Waals surface area contributed by atoms with E-state index >= 15 is 0 Å². The molecule has 8 nitrogen and oxygen atoms in total. The van der Waals surface area contributed by atoms with Crippen molar-refractivity contribution in [2.75, 3.05) is 11.9 Å². The minimum atomic E-state index is -1.02. The van der Waals surface area contributed by atoms with E-state index in [4.69, 9.17) is 4.74 Å². The minimum absolute atomic E-state index is 0.108. The van der Waals surface area contributed by atoms with Gasteiger partial charge >= 0.3 is 5.97 Å². The highest BCUT2D eigenvalue weighted by molar-refractivity contribution is 7.22. The van der Waals surface area contributed by atoms with Crippen LogP contribution >= 0.6 is 22.7 Å². The topological polar surface area (TPSA) is 110 Å². The number of aromatic nitrogens is 4. The lowest BCUT2D eigenvalue weighted by atomic mass is 10.1. The number of carboxylic acids is 1. The number of benzene rings is 2. The molecule has 0 aliphatic rings. The highest BCUT2D eigenvalue weighted by atomic mass is 32.1. The van der Waals surface area contributed by atoms with Gasteiger partial charge in [-0.05, 0) is 62.1 Å². The molecule has 0 bridgehead atoms. The number of carboxylic acid groups (broad SMARTS) is 1. The van der Waals surface area contributed by atoms with E-state index in [9.17, 15) is 9.90 Å². The zero-order valence-corrected chi connectivity index (χ0v) is 22.0. The molecule has 2 aromatic carbocycles. The van der Waals surface area contributed by atoms with Gasteiger partial charge in [0.25, 0.3) is 0 Å². The number of hydrogen-bond donors (Lipinski definition) is 2. The SMILES string of the molecule is Cc1c(Cc2nc(C(=O)O)c(CCCOc3ccccc3)s2)nnc(Nc2nc3ccccc3s2)c1C. The van der Waals surface area contributed by atoms with Crippen molar-refractivity contribution < 1.29 is 14.6 Å². The molecule has 2 N–H and O–H groups in total. The van der Waals surface area contributed by atoms with E-state index in [2.05, 4.69) is 25.5 Å². The van der Waals surface area contributed by atoms with E-state index < -0.39 is 5.97 Å². The predicted octanol–water partition coefficient (Wildman–Crippen LogP) is 6.20. The molecular formula is C27H25N5O3S2. The van der Waals surface area contributed by atoms with Crippen molar-refractivity contribution in [1.82, 2.24) is 20.2 Å². The van der Waals surface area contributed by atoms with Gasteiger partial charge in [0.05, 0.1) is 27.5 Å². The molecule has 0 saturated carbocycles. The summed E-state index contributed by atoms with van der Waals surface area (Å²) in [7, 11) is 0. The number of carbonyl (C=O) groups is 1. The highest BCUT2D eigenvalue weighted by Crippen LogP contribution is 2.30. The van der Waals surface area contributed by atoms with Crippen LogP contribution in [-0.2, 0) is 12.8 Å². The quantitative estimate of drug-likeness (QED) is 0.205. The number of aryl methyl sites for hydroxylation is 1. The third-order valence-electron chi connectivity index (χ3n) is 5.96. The summed E-state index contributed by atoms with van der Waals surface area (Å²) >= 11 is 2.98. The van der Waals surface area contributed by atoms with Crippen LogP contribution in [0, 0.1) is 13.8 Å². The maximum Gasteiger partial charge on any atom is 0.355 e. The second-order valence-corrected chi connectivity index (χ2v) is 10.7. The summed E-state index contributed by atoms with van der Waals surface area (Å²) < 4.78 is 6.84. The normalized spacial score (nSPS) is 11.1. The lowest BCUT2D eigenvalue weighted by Crippen LogP contribution is -2.06. The molecule has 0 radical (unpaired) electrons. The number of nitrogens with zero attached hydrogens (tertiary/aromatic N) is 4. The second-order valence-electron chi connectivity index (χ2n) is 8.48. The molecule has 5 aromatic rings. The third kappa shape index (κ3) is 5.76.